The second kappa shape index (κ2) is 9.43. The molecule has 68 valence electrons. The molecular formula is C8H19NO2. The Hall–Kier alpha value is -0.570. The normalized spacial score (nSPS) is 11.3. The lowest BCUT2D eigenvalue weighted by molar-refractivity contribution is -0.141. The molecule has 0 heterocycles. The summed E-state index contributed by atoms with van der Waals surface area (Å²) in [5.74, 6) is -0.887. The lowest BCUT2D eigenvalue weighted by atomic mass is 10.1. The molecule has 0 aromatic rings. The van der Waals surface area contributed by atoms with E-state index in [1.165, 1.54) is 0 Å². The van der Waals surface area contributed by atoms with E-state index >= 15 is 0 Å². The zero-order valence-corrected chi connectivity index (χ0v) is 7.85. The molecule has 0 aliphatic heterocycles. The Bertz CT molecular complexity index is 92.1. The lowest BCUT2D eigenvalue weighted by Crippen LogP contribution is -2.06. The molecule has 0 amide bonds. The van der Waals surface area contributed by atoms with Crippen LogP contribution in [0.1, 0.15) is 27.2 Å². The summed E-state index contributed by atoms with van der Waals surface area (Å²) in [5, 5.41) is 11.1. The van der Waals surface area contributed by atoms with Gasteiger partial charge in [-0.05, 0) is 20.0 Å². The zero-order valence-electron chi connectivity index (χ0n) is 7.85. The molecule has 0 fully saturated rings. The van der Waals surface area contributed by atoms with Crippen molar-refractivity contribution in [1.82, 2.24) is 5.32 Å². The van der Waals surface area contributed by atoms with Crippen LogP contribution in [0.25, 0.3) is 0 Å². The highest BCUT2D eigenvalue weighted by atomic mass is 16.4. The third kappa shape index (κ3) is 12.6. The third-order valence-electron chi connectivity index (χ3n) is 1.39. The first kappa shape index (κ1) is 13.1. The molecule has 0 saturated carbocycles. The summed E-state index contributed by atoms with van der Waals surface area (Å²) in [6.45, 7) is 6.70. The van der Waals surface area contributed by atoms with E-state index in [1.54, 1.807) is 6.92 Å². The van der Waals surface area contributed by atoms with E-state index in [-0.39, 0.29) is 5.92 Å². The maximum absolute atomic E-state index is 9.93. The van der Waals surface area contributed by atoms with E-state index in [2.05, 4.69) is 12.2 Å². The quantitative estimate of drug-likeness (QED) is 0.656. The van der Waals surface area contributed by atoms with E-state index in [0.717, 1.165) is 13.0 Å². The maximum atomic E-state index is 9.93. The first-order valence-corrected chi connectivity index (χ1v) is 3.97. The number of carboxylic acids is 1. The average Bonchev–Trinajstić information content (AvgIpc) is 2.03. The Kier molecular flexibility index (Phi) is 11.2. The summed E-state index contributed by atoms with van der Waals surface area (Å²) in [6.07, 6.45) is 0.718. The second-order valence-corrected chi connectivity index (χ2v) is 2.35. The van der Waals surface area contributed by atoms with Crippen LogP contribution in [0.15, 0.2) is 0 Å². The molecule has 0 radical (unpaired) electrons. The van der Waals surface area contributed by atoms with Crippen molar-refractivity contribution >= 4 is 5.97 Å². The van der Waals surface area contributed by atoms with E-state index in [0.29, 0.717) is 0 Å². The van der Waals surface area contributed by atoms with E-state index < -0.39 is 5.97 Å². The minimum Gasteiger partial charge on any atom is -0.481 e. The van der Waals surface area contributed by atoms with Gasteiger partial charge in [-0.3, -0.25) is 4.79 Å². The number of hydrogen-bond donors (Lipinski definition) is 2. The van der Waals surface area contributed by atoms with Gasteiger partial charge < -0.3 is 10.4 Å². The number of nitrogens with one attached hydrogen (secondary N) is 1. The fourth-order valence-corrected chi connectivity index (χ4v) is 0.175. The van der Waals surface area contributed by atoms with Gasteiger partial charge >= 0.3 is 5.97 Å². The van der Waals surface area contributed by atoms with Crippen molar-refractivity contribution < 1.29 is 9.90 Å². The second-order valence-electron chi connectivity index (χ2n) is 2.35. The van der Waals surface area contributed by atoms with Gasteiger partial charge in [0.1, 0.15) is 0 Å². The molecule has 0 bridgehead atoms. The molecule has 1 unspecified atom stereocenters. The first-order chi connectivity index (χ1) is 5.09. The van der Waals surface area contributed by atoms with Gasteiger partial charge in [0.15, 0.2) is 0 Å². The van der Waals surface area contributed by atoms with Gasteiger partial charge in [-0.2, -0.15) is 0 Å². The molecule has 0 aliphatic rings. The summed E-state index contributed by atoms with van der Waals surface area (Å²) < 4.78 is 0. The minimum atomic E-state index is -0.706. The van der Waals surface area contributed by atoms with Gasteiger partial charge in [-0.15, -0.1) is 0 Å². The van der Waals surface area contributed by atoms with Crippen LogP contribution in [0.3, 0.4) is 0 Å². The van der Waals surface area contributed by atoms with Crippen LogP contribution >= 0.6 is 0 Å². The number of carbonyl (C=O) groups is 1. The molecule has 2 N–H and O–H groups in total. The van der Waals surface area contributed by atoms with Crippen LogP contribution in [0.4, 0.5) is 0 Å². The van der Waals surface area contributed by atoms with Gasteiger partial charge in [0.25, 0.3) is 0 Å². The number of aliphatic carboxylic acids is 1. The third-order valence-corrected chi connectivity index (χ3v) is 1.39. The van der Waals surface area contributed by atoms with Crippen LogP contribution < -0.4 is 5.32 Å². The predicted octanol–water partition coefficient (Wildman–Crippen LogP) is 1.34. The van der Waals surface area contributed by atoms with Crippen molar-refractivity contribution in [2.45, 2.75) is 27.2 Å². The number of carboxylic acid groups (broad SMARTS) is 1. The highest BCUT2D eigenvalue weighted by molar-refractivity contribution is 5.69. The monoisotopic (exact) mass is 161 g/mol. The Balaban J connectivity index is 0. The summed E-state index contributed by atoms with van der Waals surface area (Å²) in [7, 11) is 1.93. The number of hydrogen-bond acceptors (Lipinski definition) is 2. The first-order valence-electron chi connectivity index (χ1n) is 3.97. The molecule has 0 aromatic heterocycles. The predicted molar refractivity (Wildman–Crippen MR) is 46.7 cm³/mol. The smallest absolute Gasteiger partial charge is 0.306 e. The zero-order chi connectivity index (χ0) is 9.28. The van der Waals surface area contributed by atoms with E-state index in [4.69, 9.17) is 5.11 Å². The van der Waals surface area contributed by atoms with Crippen molar-refractivity contribution in [2.24, 2.45) is 5.92 Å². The van der Waals surface area contributed by atoms with Gasteiger partial charge in [0, 0.05) is 0 Å². The van der Waals surface area contributed by atoms with Gasteiger partial charge in [0.05, 0.1) is 5.92 Å². The van der Waals surface area contributed by atoms with Crippen molar-refractivity contribution in [2.75, 3.05) is 13.6 Å². The van der Waals surface area contributed by atoms with Gasteiger partial charge in [-0.1, -0.05) is 20.8 Å². The standard InChI is InChI=1S/C5H10O2.C3H9N/c1-3-4(2)5(6)7;1-3-4-2/h4H,3H2,1-2H3,(H,6,7);4H,3H2,1-2H3. The molecular weight excluding hydrogens is 142 g/mol. The largest absolute Gasteiger partial charge is 0.481 e. The molecule has 0 spiro atoms. The highest BCUT2D eigenvalue weighted by Gasteiger charge is 2.05. The summed E-state index contributed by atoms with van der Waals surface area (Å²) in [5.41, 5.74) is 0. The lowest BCUT2D eigenvalue weighted by Gasteiger charge is -1.96. The molecule has 0 aromatic carbocycles. The summed E-state index contributed by atoms with van der Waals surface area (Å²) in [4.78, 5) is 9.93. The van der Waals surface area contributed by atoms with E-state index in [1.807, 2.05) is 14.0 Å². The molecule has 0 saturated heterocycles. The molecule has 3 nitrogen and oxygen atoms in total. The average molecular weight is 161 g/mol. The molecule has 1 atom stereocenters. The van der Waals surface area contributed by atoms with Crippen molar-refractivity contribution in [3.05, 3.63) is 0 Å². The summed E-state index contributed by atoms with van der Waals surface area (Å²) >= 11 is 0. The highest BCUT2D eigenvalue weighted by Crippen LogP contribution is 1.97. The Morgan fingerprint density at radius 3 is 1.91 bits per heavy atom. The minimum absolute atomic E-state index is 0.181. The Morgan fingerprint density at radius 2 is 1.91 bits per heavy atom. The topological polar surface area (TPSA) is 49.3 Å². The van der Waals surface area contributed by atoms with Crippen LogP contribution in [-0.4, -0.2) is 24.7 Å². The van der Waals surface area contributed by atoms with Crippen LogP contribution in [-0.2, 0) is 4.79 Å². The Labute approximate surface area is 68.8 Å². The van der Waals surface area contributed by atoms with E-state index in [9.17, 15) is 4.79 Å². The fourth-order valence-electron chi connectivity index (χ4n) is 0.175. The van der Waals surface area contributed by atoms with Crippen molar-refractivity contribution in [3.63, 3.8) is 0 Å². The SMILES string of the molecule is CCC(C)C(=O)O.CCNC. The fraction of sp³-hybridized carbons (Fsp3) is 0.875. The molecule has 11 heavy (non-hydrogen) atoms. The Morgan fingerprint density at radius 1 is 1.55 bits per heavy atom. The van der Waals surface area contributed by atoms with Gasteiger partial charge in [0.2, 0.25) is 0 Å². The number of rotatable bonds is 3. The van der Waals surface area contributed by atoms with Crippen molar-refractivity contribution in [3.8, 4) is 0 Å². The molecule has 0 rings (SSSR count). The summed E-state index contributed by atoms with van der Waals surface area (Å²) in [6, 6.07) is 0. The van der Waals surface area contributed by atoms with Gasteiger partial charge in [-0.25, -0.2) is 0 Å². The van der Waals surface area contributed by atoms with Crippen molar-refractivity contribution in [1.29, 1.82) is 0 Å². The maximum Gasteiger partial charge on any atom is 0.306 e. The van der Waals surface area contributed by atoms with Crippen LogP contribution in [0, 0.1) is 5.92 Å². The van der Waals surface area contributed by atoms with Crippen LogP contribution in [0.2, 0.25) is 0 Å². The van der Waals surface area contributed by atoms with Crippen LogP contribution in [0.5, 0.6) is 0 Å². The molecule has 3 heteroatoms. The molecule has 0 aliphatic carbocycles.